The monoisotopic (exact) mass is 359 g/mol. The van der Waals surface area contributed by atoms with Gasteiger partial charge in [-0.3, -0.25) is 0 Å². The number of hydrogen-bond donors (Lipinski definition) is 2. The van der Waals surface area contributed by atoms with Crippen LogP contribution in [0.4, 0.5) is 5.69 Å². The summed E-state index contributed by atoms with van der Waals surface area (Å²) in [5.74, 6) is -0.436. The fraction of sp³-hybridized carbons (Fsp3) is 0.211. The van der Waals surface area contributed by atoms with Gasteiger partial charge in [0.2, 0.25) is 0 Å². The van der Waals surface area contributed by atoms with Crippen molar-refractivity contribution < 1.29 is 9.90 Å². The zero-order valence-electron chi connectivity index (χ0n) is 12.7. The Bertz CT molecular complexity index is 862. The molecule has 4 rings (SSSR count). The number of nitrogens with one attached hydrogen (secondary N) is 1. The first-order chi connectivity index (χ1) is 11.6. The highest BCUT2D eigenvalue weighted by Gasteiger charge is 2.39. The molecule has 2 N–H and O–H groups in total. The number of rotatable bonds is 2. The van der Waals surface area contributed by atoms with Gasteiger partial charge in [-0.2, -0.15) is 0 Å². The van der Waals surface area contributed by atoms with Gasteiger partial charge in [-0.25, -0.2) is 4.79 Å². The van der Waals surface area contributed by atoms with Crippen LogP contribution in [0, 0.1) is 5.92 Å². The van der Waals surface area contributed by atoms with Crippen LogP contribution in [0.5, 0.6) is 0 Å². The molecule has 0 fully saturated rings. The summed E-state index contributed by atoms with van der Waals surface area (Å²) in [5, 5.41) is 13.9. The molecular formula is C19H15Cl2NO2. The standard InChI is InChI=1S/C19H15Cl2NO2/c20-15-6-2-5-13(17(15)21)18-12-4-1-3-11(12)14-9-10(19(23)24)7-8-16(14)22-18/h1-3,5-9,11-12,18,22H,4H2,(H,23,24)/t11-,12+,18+/m1/s1. The lowest BCUT2D eigenvalue weighted by atomic mass is 9.76. The highest BCUT2D eigenvalue weighted by molar-refractivity contribution is 6.42. The Labute approximate surface area is 149 Å². The smallest absolute Gasteiger partial charge is 0.335 e. The first-order valence-electron chi connectivity index (χ1n) is 7.80. The Morgan fingerprint density at radius 3 is 2.79 bits per heavy atom. The molecule has 24 heavy (non-hydrogen) atoms. The number of hydrogen-bond acceptors (Lipinski definition) is 2. The van der Waals surface area contributed by atoms with E-state index in [0.717, 1.165) is 23.2 Å². The van der Waals surface area contributed by atoms with Crippen molar-refractivity contribution in [1.29, 1.82) is 0 Å². The third kappa shape index (κ3) is 2.40. The van der Waals surface area contributed by atoms with E-state index in [0.29, 0.717) is 15.6 Å². The van der Waals surface area contributed by atoms with Crippen LogP contribution >= 0.6 is 23.2 Å². The zero-order chi connectivity index (χ0) is 16.8. The average molecular weight is 360 g/mol. The van der Waals surface area contributed by atoms with Gasteiger partial charge in [-0.1, -0.05) is 47.5 Å². The lowest BCUT2D eigenvalue weighted by Crippen LogP contribution is -2.29. The van der Waals surface area contributed by atoms with Crippen LogP contribution < -0.4 is 5.32 Å². The van der Waals surface area contributed by atoms with Crippen LogP contribution in [0.3, 0.4) is 0 Å². The van der Waals surface area contributed by atoms with Crippen LogP contribution in [0.25, 0.3) is 0 Å². The molecule has 1 heterocycles. The molecule has 3 nitrogen and oxygen atoms in total. The second kappa shape index (κ2) is 5.83. The maximum absolute atomic E-state index is 11.3. The number of halogens is 2. The first kappa shape index (κ1) is 15.6. The van der Waals surface area contributed by atoms with Gasteiger partial charge in [0.1, 0.15) is 0 Å². The molecule has 0 unspecified atom stereocenters. The summed E-state index contributed by atoms with van der Waals surface area (Å²) in [6, 6.07) is 11.0. The van der Waals surface area contributed by atoms with E-state index in [1.807, 2.05) is 18.2 Å². The number of carboxylic acids is 1. The fourth-order valence-corrected chi connectivity index (χ4v) is 4.22. The minimum Gasteiger partial charge on any atom is -0.478 e. The number of carboxylic acid groups (broad SMARTS) is 1. The van der Waals surface area contributed by atoms with E-state index in [2.05, 4.69) is 17.5 Å². The van der Waals surface area contributed by atoms with Crippen LogP contribution in [-0.4, -0.2) is 11.1 Å². The van der Waals surface area contributed by atoms with Crippen molar-refractivity contribution in [3.63, 3.8) is 0 Å². The van der Waals surface area contributed by atoms with E-state index in [9.17, 15) is 9.90 Å². The van der Waals surface area contributed by atoms with Gasteiger partial charge in [0.15, 0.2) is 0 Å². The molecule has 0 amide bonds. The molecule has 0 spiro atoms. The molecule has 122 valence electrons. The maximum Gasteiger partial charge on any atom is 0.335 e. The van der Waals surface area contributed by atoms with Crippen molar-refractivity contribution >= 4 is 34.9 Å². The molecule has 0 radical (unpaired) electrons. The molecule has 5 heteroatoms. The van der Waals surface area contributed by atoms with E-state index >= 15 is 0 Å². The second-order valence-electron chi connectivity index (χ2n) is 6.23. The molecular weight excluding hydrogens is 345 g/mol. The van der Waals surface area contributed by atoms with Gasteiger partial charge in [-0.15, -0.1) is 0 Å². The van der Waals surface area contributed by atoms with Crippen molar-refractivity contribution in [2.75, 3.05) is 5.32 Å². The van der Waals surface area contributed by atoms with E-state index in [4.69, 9.17) is 23.2 Å². The molecule has 0 saturated carbocycles. The molecule has 1 aliphatic carbocycles. The van der Waals surface area contributed by atoms with Crippen LogP contribution in [0.2, 0.25) is 10.0 Å². The molecule has 0 bridgehead atoms. The third-order valence-electron chi connectivity index (χ3n) is 4.93. The normalized spacial score (nSPS) is 24.2. The summed E-state index contributed by atoms with van der Waals surface area (Å²) in [7, 11) is 0. The van der Waals surface area contributed by atoms with E-state index in [1.165, 1.54) is 0 Å². The summed E-state index contributed by atoms with van der Waals surface area (Å²) >= 11 is 12.6. The molecule has 3 atom stereocenters. The first-order valence-corrected chi connectivity index (χ1v) is 8.56. The van der Waals surface area contributed by atoms with Crippen molar-refractivity contribution in [3.05, 3.63) is 75.3 Å². The van der Waals surface area contributed by atoms with E-state index < -0.39 is 5.97 Å². The number of aromatic carboxylic acids is 1. The SMILES string of the molecule is O=C(O)c1ccc2c(c1)[C@@H]1C=CC[C@@H]1[C@@H](c1cccc(Cl)c1Cl)N2. The van der Waals surface area contributed by atoms with Crippen molar-refractivity contribution in [2.45, 2.75) is 18.4 Å². The van der Waals surface area contributed by atoms with Gasteiger partial charge in [0.05, 0.1) is 21.7 Å². The molecule has 1 aliphatic heterocycles. The Morgan fingerprint density at radius 1 is 1.17 bits per heavy atom. The largest absolute Gasteiger partial charge is 0.478 e. The van der Waals surface area contributed by atoms with E-state index in [1.54, 1.807) is 18.2 Å². The highest BCUT2D eigenvalue weighted by atomic mass is 35.5. The molecule has 0 saturated heterocycles. The number of allylic oxidation sites excluding steroid dienone is 2. The number of anilines is 1. The molecule has 2 aliphatic rings. The van der Waals surface area contributed by atoms with Gasteiger partial charge in [-0.05, 0) is 47.7 Å². The summed E-state index contributed by atoms with van der Waals surface area (Å²) in [6.07, 6.45) is 5.24. The molecule has 2 aromatic carbocycles. The Kier molecular flexibility index (Phi) is 3.78. The molecule has 0 aromatic heterocycles. The Balaban J connectivity index is 1.81. The fourth-order valence-electron chi connectivity index (χ4n) is 3.80. The number of fused-ring (bicyclic) bond motifs is 3. The quantitative estimate of drug-likeness (QED) is 0.694. The summed E-state index contributed by atoms with van der Waals surface area (Å²) in [6.45, 7) is 0. The minimum atomic E-state index is -0.906. The predicted octanol–water partition coefficient (Wildman–Crippen LogP) is 5.52. The predicted molar refractivity (Wildman–Crippen MR) is 96.2 cm³/mol. The lowest BCUT2D eigenvalue weighted by molar-refractivity contribution is 0.0696. The summed E-state index contributed by atoms with van der Waals surface area (Å²) in [4.78, 5) is 11.3. The second-order valence-corrected chi connectivity index (χ2v) is 7.01. The highest BCUT2D eigenvalue weighted by Crippen LogP contribution is 2.51. The van der Waals surface area contributed by atoms with Gasteiger partial charge >= 0.3 is 5.97 Å². The number of benzene rings is 2. The van der Waals surface area contributed by atoms with Crippen LogP contribution in [0.15, 0.2) is 48.6 Å². The van der Waals surface area contributed by atoms with Gasteiger partial charge in [0.25, 0.3) is 0 Å². The van der Waals surface area contributed by atoms with Crippen LogP contribution in [-0.2, 0) is 0 Å². The van der Waals surface area contributed by atoms with E-state index in [-0.39, 0.29) is 17.9 Å². The number of carbonyl (C=O) groups is 1. The topological polar surface area (TPSA) is 49.3 Å². The minimum absolute atomic E-state index is 0.0411. The van der Waals surface area contributed by atoms with Crippen molar-refractivity contribution in [3.8, 4) is 0 Å². The average Bonchev–Trinajstić information content (AvgIpc) is 3.06. The Morgan fingerprint density at radius 2 is 2.00 bits per heavy atom. The van der Waals surface area contributed by atoms with Crippen LogP contribution in [0.1, 0.15) is 39.9 Å². The van der Waals surface area contributed by atoms with Gasteiger partial charge < -0.3 is 10.4 Å². The summed E-state index contributed by atoms with van der Waals surface area (Å²) < 4.78 is 0. The van der Waals surface area contributed by atoms with Crippen molar-refractivity contribution in [1.82, 2.24) is 0 Å². The maximum atomic E-state index is 11.3. The van der Waals surface area contributed by atoms with Crippen molar-refractivity contribution in [2.24, 2.45) is 5.92 Å². The molecule has 2 aromatic rings. The third-order valence-corrected chi connectivity index (χ3v) is 5.76. The summed E-state index contributed by atoms with van der Waals surface area (Å²) in [5.41, 5.74) is 3.28. The zero-order valence-corrected chi connectivity index (χ0v) is 14.2. The lowest BCUT2D eigenvalue weighted by Gasteiger charge is -2.38. The van der Waals surface area contributed by atoms with Gasteiger partial charge in [0, 0.05) is 11.6 Å². The Hall–Kier alpha value is -1.97.